The topological polar surface area (TPSA) is 6.48 Å². The van der Waals surface area contributed by atoms with Crippen molar-refractivity contribution >= 4 is 78.0 Å². The standard InChI is InChI=1S/C69H75BN2S/c1-42-34-57-60-58(35-42)72(61-48(43-22-18-16-19-23-43)36-46(65(5,6)7)37-49(61)44-24-20-17-21-25-44)56-40-53-52(67(10,11)31-32-68(53,12)13)39-55(56)70(60)63-62(71(57)47-28-26-45(27-29-47)64(2,3)4)50-38-51-54(41-59(50)73-63)69(14,15)33-30-66(51,8)9/h16-29,34-41H,30-33H2,1-15H3. The fourth-order valence-corrected chi connectivity index (χ4v) is 14.7. The summed E-state index contributed by atoms with van der Waals surface area (Å²) >= 11 is 2.06. The van der Waals surface area contributed by atoms with E-state index in [0.717, 1.165) is 12.8 Å². The summed E-state index contributed by atoms with van der Waals surface area (Å²) < 4.78 is 2.85. The van der Waals surface area contributed by atoms with Crippen LogP contribution in [0.25, 0.3) is 32.3 Å². The number of rotatable bonds is 4. The van der Waals surface area contributed by atoms with Crippen molar-refractivity contribution in [3.8, 4) is 22.3 Å². The summed E-state index contributed by atoms with van der Waals surface area (Å²) in [5.74, 6) is 0. The quantitative estimate of drug-likeness (QED) is 0.162. The highest BCUT2D eigenvalue weighted by molar-refractivity contribution is 7.33. The van der Waals surface area contributed by atoms with Crippen molar-refractivity contribution in [1.29, 1.82) is 0 Å². The van der Waals surface area contributed by atoms with E-state index in [-0.39, 0.29) is 39.2 Å². The molecule has 0 radical (unpaired) electrons. The third kappa shape index (κ3) is 7.53. The predicted octanol–water partition coefficient (Wildman–Crippen LogP) is 17.9. The molecule has 1 aromatic heterocycles. The molecule has 2 nitrogen and oxygen atoms in total. The summed E-state index contributed by atoms with van der Waals surface area (Å²) in [6.07, 6.45) is 4.69. The Bertz CT molecular complexity index is 3480. The van der Waals surface area contributed by atoms with E-state index in [1.165, 1.54) is 134 Å². The highest BCUT2D eigenvalue weighted by Gasteiger charge is 2.49. The zero-order valence-electron chi connectivity index (χ0n) is 46.4. The Labute approximate surface area is 442 Å². The smallest absolute Gasteiger partial charge is 0.264 e. The van der Waals surface area contributed by atoms with Crippen molar-refractivity contribution in [3.63, 3.8) is 0 Å². The van der Waals surface area contributed by atoms with Gasteiger partial charge in [-0.3, -0.25) is 0 Å². The molecule has 0 amide bonds. The fourth-order valence-electron chi connectivity index (χ4n) is 13.3. The Balaban J connectivity index is 1.26. The van der Waals surface area contributed by atoms with Gasteiger partial charge in [0.1, 0.15) is 0 Å². The maximum Gasteiger partial charge on any atom is 0.264 e. The molecule has 3 heterocycles. The number of hydrogen-bond donors (Lipinski definition) is 0. The maximum atomic E-state index is 2.76. The van der Waals surface area contributed by atoms with E-state index in [0.29, 0.717) is 0 Å². The van der Waals surface area contributed by atoms with Crippen LogP contribution in [0.1, 0.15) is 162 Å². The zero-order chi connectivity index (χ0) is 51.5. The Morgan fingerprint density at radius 2 is 0.932 bits per heavy atom. The molecule has 8 aromatic rings. The average molecular weight is 975 g/mol. The summed E-state index contributed by atoms with van der Waals surface area (Å²) in [6.45, 7) is 36.4. The molecule has 0 saturated heterocycles. The van der Waals surface area contributed by atoms with E-state index in [2.05, 4.69) is 258 Å². The van der Waals surface area contributed by atoms with Gasteiger partial charge in [-0.15, -0.1) is 11.3 Å². The molecule has 12 rings (SSSR count). The summed E-state index contributed by atoms with van der Waals surface area (Å²) in [4.78, 5) is 5.46. The molecule has 4 heteroatoms. The molecule has 0 atom stereocenters. The summed E-state index contributed by atoms with van der Waals surface area (Å²) in [5, 5.41) is 1.39. The van der Waals surface area contributed by atoms with E-state index < -0.39 is 0 Å². The lowest BCUT2D eigenvalue weighted by atomic mass is 9.35. The van der Waals surface area contributed by atoms with Gasteiger partial charge in [0, 0.05) is 48.7 Å². The van der Waals surface area contributed by atoms with E-state index in [4.69, 9.17) is 0 Å². The summed E-state index contributed by atoms with van der Waals surface area (Å²) in [6, 6.07) is 52.9. The lowest BCUT2D eigenvalue weighted by Gasteiger charge is -2.47. The second-order valence-electron chi connectivity index (χ2n) is 27.2. The van der Waals surface area contributed by atoms with Crippen LogP contribution in [-0.2, 0) is 32.5 Å². The van der Waals surface area contributed by atoms with Crippen LogP contribution in [0.2, 0.25) is 0 Å². The third-order valence-corrected chi connectivity index (χ3v) is 19.3. The number of fused-ring (bicyclic) bond motifs is 8. The highest BCUT2D eigenvalue weighted by atomic mass is 32.1. The second kappa shape index (κ2) is 16.1. The monoisotopic (exact) mass is 975 g/mol. The van der Waals surface area contributed by atoms with Crippen molar-refractivity contribution in [2.45, 2.75) is 162 Å². The second-order valence-corrected chi connectivity index (χ2v) is 28.3. The van der Waals surface area contributed by atoms with Crippen LogP contribution >= 0.6 is 11.3 Å². The predicted molar refractivity (Wildman–Crippen MR) is 319 cm³/mol. The van der Waals surface area contributed by atoms with Crippen molar-refractivity contribution in [1.82, 2.24) is 0 Å². The first-order chi connectivity index (χ1) is 34.3. The van der Waals surface area contributed by atoms with Gasteiger partial charge in [0.25, 0.3) is 6.71 Å². The van der Waals surface area contributed by atoms with E-state index >= 15 is 0 Å². The van der Waals surface area contributed by atoms with Crippen molar-refractivity contribution < 1.29 is 0 Å². The minimum atomic E-state index is -0.0854. The third-order valence-electron chi connectivity index (χ3n) is 18.1. The van der Waals surface area contributed by atoms with Gasteiger partial charge in [-0.1, -0.05) is 176 Å². The zero-order valence-corrected chi connectivity index (χ0v) is 47.2. The Morgan fingerprint density at radius 1 is 0.466 bits per heavy atom. The SMILES string of the molecule is Cc1cc2c3c(c1)N(c1ccc(C(C)(C)C)cc1)c1c(sc4cc5c(cc14)C(C)(C)CCC5(C)C)B3c1cc3c(cc1N2c1c(-c2ccccc2)cc(C(C)(C)C)cc1-c1ccccc1)C(C)(C)CCC3(C)C. The molecule has 0 saturated carbocycles. The molecule has 4 aliphatic rings. The van der Waals surface area contributed by atoms with Gasteiger partial charge in [-0.2, -0.15) is 0 Å². The van der Waals surface area contributed by atoms with Crippen molar-refractivity contribution in [3.05, 3.63) is 172 Å². The van der Waals surface area contributed by atoms with Crippen LogP contribution in [-0.4, -0.2) is 6.71 Å². The molecular weight excluding hydrogens is 900 g/mol. The molecule has 0 unspecified atom stereocenters. The Kier molecular flexibility index (Phi) is 10.6. The maximum absolute atomic E-state index is 2.76. The van der Waals surface area contributed by atoms with Gasteiger partial charge in [-0.25, -0.2) is 0 Å². The summed E-state index contributed by atoms with van der Waals surface area (Å²) in [7, 11) is 0. The lowest BCUT2D eigenvalue weighted by molar-refractivity contribution is 0.332. The number of aryl methyl sites for hydroxylation is 1. The molecule has 73 heavy (non-hydrogen) atoms. The molecule has 2 aliphatic heterocycles. The first kappa shape index (κ1) is 48.1. The van der Waals surface area contributed by atoms with E-state index in [1.807, 2.05) is 0 Å². The van der Waals surface area contributed by atoms with Crippen molar-refractivity contribution in [2.75, 3.05) is 9.80 Å². The molecule has 0 N–H and O–H groups in total. The Morgan fingerprint density at radius 3 is 1.44 bits per heavy atom. The van der Waals surface area contributed by atoms with Gasteiger partial charge in [0.2, 0.25) is 0 Å². The van der Waals surface area contributed by atoms with Gasteiger partial charge in [0.15, 0.2) is 0 Å². The number of nitrogens with zero attached hydrogens (tertiary/aromatic N) is 2. The van der Waals surface area contributed by atoms with Crippen LogP contribution in [0, 0.1) is 6.92 Å². The minimum Gasteiger partial charge on any atom is -0.310 e. The average Bonchev–Trinajstić information content (AvgIpc) is 3.71. The van der Waals surface area contributed by atoms with Crippen LogP contribution in [0.5, 0.6) is 0 Å². The summed E-state index contributed by atoms with van der Waals surface area (Å²) in [5.41, 5.74) is 25.6. The van der Waals surface area contributed by atoms with Crippen LogP contribution in [0.3, 0.4) is 0 Å². The molecular formula is C69H75BN2S. The van der Waals surface area contributed by atoms with E-state index in [1.54, 1.807) is 0 Å². The first-order valence-electron chi connectivity index (χ1n) is 27.3. The molecule has 370 valence electrons. The normalized spacial score (nSPS) is 17.9. The van der Waals surface area contributed by atoms with Gasteiger partial charge >= 0.3 is 0 Å². The molecule has 2 aliphatic carbocycles. The van der Waals surface area contributed by atoms with Crippen LogP contribution < -0.4 is 25.5 Å². The van der Waals surface area contributed by atoms with Gasteiger partial charge < -0.3 is 9.80 Å². The highest BCUT2D eigenvalue weighted by Crippen LogP contribution is 2.56. The molecule has 0 bridgehead atoms. The largest absolute Gasteiger partial charge is 0.310 e. The number of hydrogen-bond acceptors (Lipinski definition) is 3. The van der Waals surface area contributed by atoms with Gasteiger partial charge in [-0.05, 0) is 181 Å². The Hall–Kier alpha value is -5.84. The number of anilines is 6. The number of benzene rings is 7. The molecule has 0 spiro atoms. The van der Waals surface area contributed by atoms with Crippen molar-refractivity contribution in [2.24, 2.45) is 0 Å². The van der Waals surface area contributed by atoms with Gasteiger partial charge in [0.05, 0.1) is 11.4 Å². The lowest BCUT2D eigenvalue weighted by Crippen LogP contribution is -2.61. The number of thiophene rings is 1. The van der Waals surface area contributed by atoms with Crippen LogP contribution in [0.15, 0.2) is 133 Å². The van der Waals surface area contributed by atoms with E-state index in [9.17, 15) is 0 Å². The van der Waals surface area contributed by atoms with Crippen LogP contribution in [0.4, 0.5) is 34.1 Å². The first-order valence-corrected chi connectivity index (χ1v) is 28.1. The minimum absolute atomic E-state index is 0.00817. The molecule has 7 aromatic carbocycles. The fraction of sp³-hybridized carbons (Fsp3) is 0.362. The molecule has 0 fully saturated rings.